The van der Waals surface area contributed by atoms with Gasteiger partial charge in [-0.3, -0.25) is 0 Å². The van der Waals surface area contributed by atoms with Crippen molar-refractivity contribution in [3.8, 4) is 5.75 Å². The molecule has 0 radical (unpaired) electrons. The predicted octanol–water partition coefficient (Wildman–Crippen LogP) is -0.0971. The van der Waals surface area contributed by atoms with Crippen molar-refractivity contribution < 1.29 is 15.4 Å². The highest BCUT2D eigenvalue weighted by atomic mass is 16.5. The summed E-state index contributed by atoms with van der Waals surface area (Å²) < 4.78 is 5.17. The SMILES string of the molecule is CC[NH+](CC)[C@H](C[NH3+])c1ccc(OC)cc1. The van der Waals surface area contributed by atoms with E-state index < -0.39 is 0 Å². The van der Waals surface area contributed by atoms with Gasteiger partial charge in [-0.2, -0.15) is 0 Å². The summed E-state index contributed by atoms with van der Waals surface area (Å²) in [7, 11) is 1.70. The summed E-state index contributed by atoms with van der Waals surface area (Å²) in [5.74, 6) is 0.918. The van der Waals surface area contributed by atoms with Crippen LogP contribution in [-0.4, -0.2) is 26.7 Å². The zero-order valence-corrected chi connectivity index (χ0v) is 10.6. The Kier molecular flexibility index (Phi) is 5.29. The van der Waals surface area contributed by atoms with Crippen LogP contribution in [0, 0.1) is 0 Å². The first kappa shape index (κ1) is 13.0. The van der Waals surface area contributed by atoms with Gasteiger partial charge in [0.2, 0.25) is 0 Å². The Balaban J connectivity index is 2.85. The fraction of sp³-hybridized carbons (Fsp3) is 0.538. The molecule has 4 N–H and O–H groups in total. The van der Waals surface area contributed by atoms with E-state index in [-0.39, 0.29) is 0 Å². The van der Waals surface area contributed by atoms with Gasteiger partial charge in [-0.15, -0.1) is 0 Å². The second-order valence-electron chi connectivity index (χ2n) is 3.98. The summed E-state index contributed by atoms with van der Waals surface area (Å²) >= 11 is 0. The molecule has 0 aromatic heterocycles. The van der Waals surface area contributed by atoms with Crippen molar-refractivity contribution in [1.82, 2.24) is 0 Å². The van der Waals surface area contributed by atoms with Crippen molar-refractivity contribution in [2.75, 3.05) is 26.7 Å². The molecule has 0 saturated heterocycles. The summed E-state index contributed by atoms with van der Waals surface area (Å²) in [6.45, 7) is 7.67. The maximum atomic E-state index is 5.17. The molecule has 0 amide bonds. The lowest BCUT2D eigenvalue weighted by molar-refractivity contribution is -0.934. The first-order valence-corrected chi connectivity index (χ1v) is 6.04. The molecule has 1 aromatic rings. The third-order valence-corrected chi connectivity index (χ3v) is 3.21. The molecule has 0 aliphatic rings. The zero-order valence-electron chi connectivity index (χ0n) is 10.6. The average molecular weight is 224 g/mol. The molecule has 0 unspecified atom stereocenters. The maximum absolute atomic E-state index is 5.17. The molecule has 0 aliphatic carbocycles. The monoisotopic (exact) mass is 224 g/mol. The van der Waals surface area contributed by atoms with Gasteiger partial charge in [0.25, 0.3) is 0 Å². The number of benzene rings is 1. The number of methoxy groups -OCH3 is 1. The first-order valence-electron chi connectivity index (χ1n) is 6.04. The number of hydrogen-bond donors (Lipinski definition) is 2. The maximum Gasteiger partial charge on any atom is 0.162 e. The van der Waals surface area contributed by atoms with Gasteiger partial charge in [0.05, 0.1) is 20.2 Å². The minimum Gasteiger partial charge on any atom is -0.497 e. The lowest BCUT2D eigenvalue weighted by Gasteiger charge is -2.24. The van der Waals surface area contributed by atoms with E-state index in [4.69, 9.17) is 4.74 Å². The number of ether oxygens (including phenoxy) is 1. The lowest BCUT2D eigenvalue weighted by atomic mass is 10.1. The molecule has 0 saturated carbocycles. The molecule has 3 heteroatoms. The van der Waals surface area contributed by atoms with E-state index in [0.29, 0.717) is 6.04 Å². The van der Waals surface area contributed by atoms with Gasteiger partial charge in [-0.1, -0.05) is 0 Å². The van der Waals surface area contributed by atoms with E-state index in [1.54, 1.807) is 12.0 Å². The fourth-order valence-corrected chi connectivity index (χ4v) is 2.19. The van der Waals surface area contributed by atoms with Crippen LogP contribution in [0.4, 0.5) is 0 Å². The number of nitrogens with one attached hydrogen (secondary N) is 1. The normalized spacial score (nSPS) is 12.8. The Morgan fingerprint density at radius 1 is 1.19 bits per heavy atom. The second kappa shape index (κ2) is 6.51. The minimum absolute atomic E-state index is 0.501. The predicted molar refractivity (Wildman–Crippen MR) is 65.5 cm³/mol. The van der Waals surface area contributed by atoms with Crippen LogP contribution in [0.2, 0.25) is 0 Å². The standard InChI is InChI=1S/C13H22N2O/c1-4-15(5-2)13(10-14)11-6-8-12(16-3)9-7-11/h6-9,13H,4-5,10,14H2,1-3H3/p+2/t13-/m1/s1. The van der Waals surface area contributed by atoms with Gasteiger partial charge >= 0.3 is 0 Å². The van der Waals surface area contributed by atoms with Crippen molar-refractivity contribution in [3.05, 3.63) is 29.8 Å². The van der Waals surface area contributed by atoms with Crippen LogP contribution >= 0.6 is 0 Å². The highest BCUT2D eigenvalue weighted by Crippen LogP contribution is 2.14. The third-order valence-electron chi connectivity index (χ3n) is 3.21. The van der Waals surface area contributed by atoms with Crippen molar-refractivity contribution in [1.29, 1.82) is 0 Å². The van der Waals surface area contributed by atoms with Crippen LogP contribution in [0.25, 0.3) is 0 Å². The average Bonchev–Trinajstić information content (AvgIpc) is 2.36. The Bertz CT molecular complexity index is 293. The molecular formula is C13H24N2O+2. The van der Waals surface area contributed by atoms with E-state index in [1.165, 1.54) is 5.56 Å². The molecule has 0 bridgehead atoms. The van der Waals surface area contributed by atoms with Crippen LogP contribution in [0.3, 0.4) is 0 Å². The van der Waals surface area contributed by atoms with E-state index in [0.717, 1.165) is 25.4 Å². The van der Waals surface area contributed by atoms with Crippen LogP contribution in [0.15, 0.2) is 24.3 Å². The molecule has 1 rings (SSSR count). The van der Waals surface area contributed by atoms with Gasteiger partial charge in [0, 0.05) is 5.56 Å². The van der Waals surface area contributed by atoms with Crippen LogP contribution < -0.4 is 15.4 Å². The largest absolute Gasteiger partial charge is 0.497 e. The molecule has 1 atom stereocenters. The van der Waals surface area contributed by atoms with Crippen molar-refractivity contribution in [2.24, 2.45) is 0 Å². The molecule has 0 fully saturated rings. The van der Waals surface area contributed by atoms with Gasteiger partial charge in [-0.25, -0.2) is 0 Å². The number of hydrogen-bond acceptors (Lipinski definition) is 1. The van der Waals surface area contributed by atoms with E-state index in [9.17, 15) is 0 Å². The Hall–Kier alpha value is -1.06. The Labute approximate surface area is 98.2 Å². The fourth-order valence-electron chi connectivity index (χ4n) is 2.19. The van der Waals surface area contributed by atoms with Gasteiger partial charge < -0.3 is 15.4 Å². The second-order valence-corrected chi connectivity index (χ2v) is 3.98. The first-order chi connectivity index (χ1) is 7.76. The molecule has 0 spiro atoms. The minimum atomic E-state index is 0.501. The van der Waals surface area contributed by atoms with Crippen molar-refractivity contribution in [2.45, 2.75) is 19.9 Å². The number of rotatable bonds is 6. The lowest BCUT2D eigenvalue weighted by Crippen LogP contribution is -3.13. The number of likely N-dealkylation sites (N-methyl/N-ethyl adjacent to an activating group) is 1. The molecule has 16 heavy (non-hydrogen) atoms. The van der Waals surface area contributed by atoms with Crippen LogP contribution in [0.1, 0.15) is 25.5 Å². The summed E-state index contributed by atoms with van der Waals surface area (Å²) in [5.41, 5.74) is 5.43. The van der Waals surface area contributed by atoms with Crippen molar-refractivity contribution >= 4 is 0 Å². The van der Waals surface area contributed by atoms with E-state index in [1.807, 2.05) is 12.1 Å². The van der Waals surface area contributed by atoms with Gasteiger partial charge in [0.1, 0.15) is 12.3 Å². The summed E-state index contributed by atoms with van der Waals surface area (Å²) in [5, 5.41) is 0. The Morgan fingerprint density at radius 3 is 2.12 bits per heavy atom. The van der Waals surface area contributed by atoms with Crippen LogP contribution in [0.5, 0.6) is 5.75 Å². The molecule has 0 heterocycles. The molecule has 3 nitrogen and oxygen atoms in total. The highest BCUT2D eigenvalue weighted by molar-refractivity contribution is 5.28. The quantitative estimate of drug-likeness (QED) is 0.696. The Morgan fingerprint density at radius 2 is 1.75 bits per heavy atom. The molecule has 0 aliphatic heterocycles. The smallest absolute Gasteiger partial charge is 0.162 e. The van der Waals surface area contributed by atoms with Gasteiger partial charge in [-0.05, 0) is 38.1 Å². The van der Waals surface area contributed by atoms with E-state index in [2.05, 4.69) is 31.7 Å². The molecular weight excluding hydrogens is 200 g/mol. The summed E-state index contributed by atoms with van der Waals surface area (Å²) in [6.07, 6.45) is 0. The third kappa shape index (κ3) is 2.97. The molecule has 90 valence electrons. The highest BCUT2D eigenvalue weighted by Gasteiger charge is 2.21. The molecule has 1 aromatic carbocycles. The van der Waals surface area contributed by atoms with E-state index >= 15 is 0 Å². The zero-order chi connectivity index (χ0) is 12.0. The summed E-state index contributed by atoms with van der Waals surface area (Å²) in [4.78, 5) is 1.58. The topological polar surface area (TPSA) is 41.3 Å². The van der Waals surface area contributed by atoms with Crippen LogP contribution in [-0.2, 0) is 0 Å². The summed E-state index contributed by atoms with van der Waals surface area (Å²) in [6, 6.07) is 8.86. The number of quaternary nitrogens is 2. The van der Waals surface area contributed by atoms with Gasteiger partial charge in [0.15, 0.2) is 6.04 Å². The van der Waals surface area contributed by atoms with Crippen molar-refractivity contribution in [3.63, 3.8) is 0 Å².